The maximum atomic E-state index is 14.5. The van der Waals surface area contributed by atoms with Gasteiger partial charge >= 0.3 is 0 Å². The van der Waals surface area contributed by atoms with Crippen molar-refractivity contribution in [2.45, 2.75) is 25.3 Å². The predicted octanol–water partition coefficient (Wildman–Crippen LogP) is 2.17. The molecule has 0 bridgehead atoms. The molecular weight excluding hydrogens is 413 g/mol. The number of primary amides is 1. The number of rotatable bonds is 4. The Balaban J connectivity index is 1.45. The molecule has 8 nitrogen and oxygen atoms in total. The van der Waals surface area contributed by atoms with Gasteiger partial charge in [0.15, 0.2) is 17.3 Å². The number of hydrazone groups is 1. The number of aromatic nitrogens is 2. The first-order valence-corrected chi connectivity index (χ1v) is 9.72. The van der Waals surface area contributed by atoms with Crippen LogP contribution in [-0.2, 0) is 4.79 Å². The molecule has 31 heavy (non-hydrogen) atoms. The average molecular weight is 432 g/mol. The molecule has 0 spiro atoms. The molecule has 162 valence electrons. The molecule has 2 amide bonds. The van der Waals surface area contributed by atoms with Gasteiger partial charge in [-0.15, -0.1) is 0 Å². The fourth-order valence-corrected chi connectivity index (χ4v) is 3.95. The summed E-state index contributed by atoms with van der Waals surface area (Å²) in [5.41, 5.74) is 4.98. The number of carbonyl (C=O) groups excluding carboxylic acids is 2. The smallest absolute Gasteiger partial charge is 0.270 e. The van der Waals surface area contributed by atoms with Crippen molar-refractivity contribution in [3.8, 4) is 0 Å². The number of benzene rings is 1. The van der Waals surface area contributed by atoms with Crippen LogP contribution in [0, 0.1) is 23.4 Å². The van der Waals surface area contributed by atoms with Gasteiger partial charge in [-0.25, -0.2) is 28.1 Å². The van der Waals surface area contributed by atoms with Gasteiger partial charge in [-0.3, -0.25) is 9.59 Å². The minimum absolute atomic E-state index is 0.0398. The topological polar surface area (TPSA) is 105 Å². The molecule has 0 aliphatic carbocycles. The molecule has 1 saturated heterocycles. The van der Waals surface area contributed by atoms with Crippen molar-refractivity contribution in [2.24, 2.45) is 16.8 Å². The second kappa shape index (κ2) is 8.32. The highest BCUT2D eigenvalue weighted by Crippen LogP contribution is 2.33. The Morgan fingerprint density at radius 1 is 1.03 bits per heavy atom. The third-order valence-corrected chi connectivity index (χ3v) is 5.47. The normalized spacial score (nSPS) is 19.1. The van der Waals surface area contributed by atoms with Gasteiger partial charge in [-0.05, 0) is 30.5 Å². The van der Waals surface area contributed by atoms with E-state index in [1.807, 2.05) is 0 Å². The standard InChI is InChI=1S/C20H19F3N6O2/c21-13-7-12(8-14(22)9-13)15-1-4-27-29(15)20(31)11-2-5-28(6-3-11)19-16(23)17(18(24)30)25-10-26-19/h4,7-11,15H,1-3,5-6H2,(H2,24,30)/t15-/m0/s1. The van der Waals surface area contributed by atoms with E-state index in [0.29, 0.717) is 37.9 Å². The SMILES string of the molecule is NC(=O)c1ncnc(N2CCC(C(=O)N3N=CC[C@H]3c3cc(F)cc(F)c3)CC2)c1F. The van der Waals surface area contributed by atoms with E-state index in [0.717, 1.165) is 12.4 Å². The minimum Gasteiger partial charge on any atom is -0.364 e. The number of nitrogens with zero attached hydrogens (tertiary/aromatic N) is 5. The lowest BCUT2D eigenvalue weighted by Gasteiger charge is -2.34. The number of carbonyl (C=O) groups is 2. The third kappa shape index (κ3) is 4.07. The van der Waals surface area contributed by atoms with Gasteiger partial charge in [-0.2, -0.15) is 5.10 Å². The number of piperidine rings is 1. The zero-order valence-corrected chi connectivity index (χ0v) is 16.3. The Morgan fingerprint density at radius 2 is 1.71 bits per heavy atom. The maximum absolute atomic E-state index is 14.5. The summed E-state index contributed by atoms with van der Waals surface area (Å²) in [5.74, 6) is -4.01. The number of hydrogen-bond donors (Lipinski definition) is 1. The van der Waals surface area contributed by atoms with Crippen molar-refractivity contribution < 1.29 is 22.8 Å². The Kier molecular flexibility index (Phi) is 5.57. The Hall–Kier alpha value is -3.50. The lowest BCUT2D eigenvalue weighted by molar-refractivity contribution is -0.138. The molecule has 1 aromatic heterocycles. The van der Waals surface area contributed by atoms with E-state index in [2.05, 4.69) is 15.1 Å². The predicted molar refractivity (Wildman–Crippen MR) is 104 cm³/mol. The van der Waals surface area contributed by atoms with Crippen LogP contribution in [0.25, 0.3) is 0 Å². The van der Waals surface area contributed by atoms with E-state index < -0.39 is 41.0 Å². The summed E-state index contributed by atoms with van der Waals surface area (Å²) in [6.07, 6.45) is 3.75. The average Bonchev–Trinajstić information content (AvgIpc) is 3.23. The van der Waals surface area contributed by atoms with Crippen LogP contribution in [0.15, 0.2) is 29.6 Å². The first-order chi connectivity index (χ1) is 14.8. The fourth-order valence-electron chi connectivity index (χ4n) is 3.95. The van der Waals surface area contributed by atoms with E-state index in [1.54, 1.807) is 11.1 Å². The number of halogens is 3. The highest BCUT2D eigenvalue weighted by atomic mass is 19.1. The summed E-state index contributed by atoms with van der Waals surface area (Å²) >= 11 is 0. The Labute approximate surface area is 175 Å². The molecule has 0 radical (unpaired) electrons. The van der Waals surface area contributed by atoms with Crippen LogP contribution in [-0.4, -0.2) is 46.1 Å². The van der Waals surface area contributed by atoms with Crippen molar-refractivity contribution in [1.82, 2.24) is 15.0 Å². The zero-order valence-electron chi connectivity index (χ0n) is 16.3. The van der Waals surface area contributed by atoms with Gasteiger partial charge in [0.05, 0.1) is 6.04 Å². The summed E-state index contributed by atoms with van der Waals surface area (Å²) in [6.45, 7) is 0.638. The molecule has 3 heterocycles. The van der Waals surface area contributed by atoms with Crippen molar-refractivity contribution in [3.63, 3.8) is 0 Å². The van der Waals surface area contributed by atoms with Gasteiger partial charge in [0.2, 0.25) is 5.91 Å². The first-order valence-electron chi connectivity index (χ1n) is 9.72. The molecule has 4 rings (SSSR count). The molecule has 0 unspecified atom stereocenters. The highest BCUT2D eigenvalue weighted by Gasteiger charge is 2.36. The van der Waals surface area contributed by atoms with Crippen LogP contribution in [0.2, 0.25) is 0 Å². The third-order valence-electron chi connectivity index (χ3n) is 5.47. The molecule has 2 aliphatic heterocycles. The van der Waals surface area contributed by atoms with E-state index in [-0.39, 0.29) is 11.7 Å². The first kappa shape index (κ1) is 20.8. The van der Waals surface area contributed by atoms with E-state index in [1.165, 1.54) is 17.1 Å². The van der Waals surface area contributed by atoms with Crippen molar-refractivity contribution in [1.29, 1.82) is 0 Å². The number of amides is 2. The van der Waals surface area contributed by atoms with Crippen LogP contribution in [0.5, 0.6) is 0 Å². The van der Waals surface area contributed by atoms with Gasteiger partial charge in [-0.1, -0.05) is 0 Å². The molecule has 1 atom stereocenters. The number of anilines is 1. The van der Waals surface area contributed by atoms with Gasteiger partial charge < -0.3 is 10.6 Å². The fraction of sp³-hybridized carbons (Fsp3) is 0.350. The van der Waals surface area contributed by atoms with Crippen molar-refractivity contribution >= 4 is 23.8 Å². The summed E-state index contributed by atoms with van der Waals surface area (Å²) < 4.78 is 41.7. The molecular formula is C20H19F3N6O2. The number of nitrogens with two attached hydrogens (primary N) is 1. The molecule has 2 aliphatic rings. The largest absolute Gasteiger partial charge is 0.364 e. The highest BCUT2D eigenvalue weighted by molar-refractivity contribution is 5.91. The van der Waals surface area contributed by atoms with Gasteiger partial charge in [0.1, 0.15) is 18.0 Å². The van der Waals surface area contributed by atoms with Gasteiger partial charge in [0, 0.05) is 37.7 Å². The quantitative estimate of drug-likeness (QED) is 0.797. The van der Waals surface area contributed by atoms with Crippen molar-refractivity contribution in [3.05, 3.63) is 53.2 Å². The lowest BCUT2D eigenvalue weighted by Crippen LogP contribution is -2.42. The van der Waals surface area contributed by atoms with Crippen LogP contribution < -0.4 is 10.6 Å². The van der Waals surface area contributed by atoms with E-state index in [4.69, 9.17) is 5.73 Å². The molecule has 1 aromatic carbocycles. The summed E-state index contributed by atoms with van der Waals surface area (Å²) in [4.78, 5) is 33.4. The second-order valence-corrected chi connectivity index (χ2v) is 7.42. The molecule has 0 saturated carbocycles. The van der Waals surface area contributed by atoms with Crippen LogP contribution >= 0.6 is 0 Å². The van der Waals surface area contributed by atoms with Crippen LogP contribution in [0.3, 0.4) is 0 Å². The minimum atomic E-state index is -0.988. The maximum Gasteiger partial charge on any atom is 0.270 e. The Bertz CT molecular complexity index is 1030. The molecule has 2 aromatic rings. The molecule has 11 heteroatoms. The molecule has 1 fully saturated rings. The lowest BCUT2D eigenvalue weighted by atomic mass is 9.94. The second-order valence-electron chi connectivity index (χ2n) is 7.42. The van der Waals surface area contributed by atoms with Gasteiger partial charge in [0.25, 0.3) is 5.91 Å². The zero-order chi connectivity index (χ0) is 22.1. The summed E-state index contributed by atoms with van der Waals surface area (Å²) in [5, 5.41) is 5.39. The van der Waals surface area contributed by atoms with Crippen LogP contribution in [0.4, 0.5) is 19.0 Å². The monoisotopic (exact) mass is 432 g/mol. The van der Waals surface area contributed by atoms with Crippen LogP contribution in [0.1, 0.15) is 41.4 Å². The summed E-state index contributed by atoms with van der Waals surface area (Å²) in [7, 11) is 0. The van der Waals surface area contributed by atoms with Crippen molar-refractivity contribution in [2.75, 3.05) is 18.0 Å². The number of hydrogen-bond acceptors (Lipinski definition) is 6. The summed E-state index contributed by atoms with van der Waals surface area (Å²) in [6, 6.07) is 2.59. The van der Waals surface area contributed by atoms with E-state index >= 15 is 0 Å². The van der Waals surface area contributed by atoms with E-state index in [9.17, 15) is 22.8 Å². The Morgan fingerprint density at radius 3 is 2.35 bits per heavy atom. The molecule has 2 N–H and O–H groups in total.